The fourth-order valence-corrected chi connectivity index (χ4v) is 5.77. The summed E-state index contributed by atoms with van der Waals surface area (Å²) in [4.78, 5) is 25.6. The van der Waals surface area contributed by atoms with Gasteiger partial charge in [-0.15, -0.1) is 11.8 Å². The Kier molecular flexibility index (Phi) is 9.71. The predicted molar refractivity (Wildman–Crippen MR) is 142 cm³/mol. The van der Waals surface area contributed by atoms with Gasteiger partial charge in [0.1, 0.15) is 17.2 Å². The Labute approximate surface area is 253 Å². The first-order chi connectivity index (χ1) is 17.9. The van der Waals surface area contributed by atoms with Crippen LogP contribution in [0.15, 0.2) is 65.6 Å². The number of benzene rings is 3. The van der Waals surface area contributed by atoms with Gasteiger partial charge < -0.3 is 24.7 Å². The summed E-state index contributed by atoms with van der Waals surface area (Å²) in [5.41, 5.74) is 2.38. The van der Waals surface area contributed by atoms with Crippen LogP contribution in [-0.4, -0.2) is 30.8 Å². The van der Waals surface area contributed by atoms with Crippen LogP contribution in [0.5, 0.6) is 17.2 Å². The Morgan fingerprint density at radius 3 is 2.61 bits per heavy atom. The quantitative estimate of drug-likeness (QED) is 0.354. The number of carbonyl (C=O) groups excluding carboxylic acids is 2. The van der Waals surface area contributed by atoms with Crippen molar-refractivity contribution in [3.05, 3.63) is 82.4 Å². The number of carboxylic acids is 1. The smallest absolute Gasteiger partial charge is 0.549 e. The normalized spacial score (nSPS) is 20.0. The molecule has 38 heavy (non-hydrogen) atoms. The molecular formula is C29H27ClNNaO5S. The van der Waals surface area contributed by atoms with Crippen molar-refractivity contribution in [2.45, 2.75) is 48.5 Å². The molecule has 3 atom stereocenters. The summed E-state index contributed by atoms with van der Waals surface area (Å²) in [5, 5.41) is 14.9. The number of carbonyl (C=O) groups is 2. The minimum absolute atomic E-state index is 0. The van der Waals surface area contributed by atoms with E-state index in [0.29, 0.717) is 40.7 Å². The third-order valence-corrected chi connectivity index (χ3v) is 8.09. The van der Waals surface area contributed by atoms with E-state index in [4.69, 9.17) is 21.1 Å². The molecule has 0 saturated heterocycles. The maximum atomic E-state index is 12.9. The molecule has 1 fully saturated rings. The predicted octanol–water partition coefficient (Wildman–Crippen LogP) is 2.54. The van der Waals surface area contributed by atoms with Crippen LogP contribution in [0.4, 0.5) is 0 Å². The molecule has 1 N–H and O–H groups in total. The van der Waals surface area contributed by atoms with E-state index in [1.54, 1.807) is 48.2 Å². The zero-order valence-electron chi connectivity index (χ0n) is 21.4. The van der Waals surface area contributed by atoms with Crippen LogP contribution in [0.3, 0.4) is 0 Å². The molecule has 5 rings (SSSR count). The number of hydrogen-bond acceptors (Lipinski definition) is 6. The topological polar surface area (TPSA) is 87.7 Å². The number of amides is 1. The fourth-order valence-electron chi connectivity index (χ4n) is 5.09. The molecule has 2 aliphatic rings. The maximum Gasteiger partial charge on any atom is 1.00 e. The van der Waals surface area contributed by atoms with Crippen molar-refractivity contribution in [3.63, 3.8) is 0 Å². The van der Waals surface area contributed by atoms with Crippen LogP contribution in [0, 0.1) is 0 Å². The van der Waals surface area contributed by atoms with Crippen molar-refractivity contribution < 1.29 is 53.7 Å². The summed E-state index contributed by atoms with van der Waals surface area (Å²) >= 11 is 8.11. The summed E-state index contributed by atoms with van der Waals surface area (Å²) < 4.78 is 11.5. The van der Waals surface area contributed by atoms with Crippen LogP contribution in [0.1, 0.15) is 59.0 Å². The number of fused-ring (bicyclic) bond motifs is 1. The molecule has 3 aromatic carbocycles. The van der Waals surface area contributed by atoms with Crippen molar-refractivity contribution in [2.24, 2.45) is 0 Å². The second kappa shape index (κ2) is 12.8. The van der Waals surface area contributed by atoms with Crippen molar-refractivity contribution in [3.8, 4) is 17.2 Å². The minimum Gasteiger partial charge on any atom is -0.549 e. The van der Waals surface area contributed by atoms with E-state index in [2.05, 4.69) is 35.8 Å². The summed E-state index contributed by atoms with van der Waals surface area (Å²) in [6.07, 6.45) is 5.37. The molecule has 9 heteroatoms. The minimum atomic E-state index is -1.15. The average molecular weight is 560 g/mol. The molecule has 1 amide bonds. The molecule has 1 saturated carbocycles. The molecule has 1 aliphatic carbocycles. The number of thioether (sulfide) groups is 1. The molecular weight excluding hydrogens is 533 g/mol. The molecule has 0 bridgehead atoms. The first-order valence-electron chi connectivity index (χ1n) is 12.3. The summed E-state index contributed by atoms with van der Waals surface area (Å²) in [7, 11) is 0. The Hall–Kier alpha value is -2.16. The van der Waals surface area contributed by atoms with Crippen LogP contribution in [-0.2, 0) is 4.79 Å². The van der Waals surface area contributed by atoms with Crippen molar-refractivity contribution >= 4 is 35.2 Å². The Balaban J connectivity index is 0.00000336. The van der Waals surface area contributed by atoms with Gasteiger partial charge in [-0.25, -0.2) is 0 Å². The molecule has 6 nitrogen and oxygen atoms in total. The molecule has 0 radical (unpaired) electrons. The van der Waals surface area contributed by atoms with Crippen LogP contribution >= 0.6 is 23.4 Å². The van der Waals surface area contributed by atoms with Gasteiger partial charge in [0.05, 0.1) is 11.6 Å². The van der Waals surface area contributed by atoms with Crippen molar-refractivity contribution in [1.82, 2.24) is 5.32 Å². The van der Waals surface area contributed by atoms with Gasteiger partial charge in [0.2, 0.25) is 0 Å². The third kappa shape index (κ3) is 6.52. The SMILES string of the molecule is CSc1cccc(C2CCC(NC(=O)c3ccc(Oc4cc5c(cc4Cl)C(C(=O)[O-])CCO5)cc3)C2)c1.[Na+]. The van der Waals surface area contributed by atoms with E-state index in [1.165, 1.54) is 10.5 Å². The van der Waals surface area contributed by atoms with Gasteiger partial charge in [-0.2, -0.15) is 0 Å². The van der Waals surface area contributed by atoms with E-state index in [-0.39, 0.29) is 53.1 Å². The van der Waals surface area contributed by atoms with Crippen molar-refractivity contribution in [1.29, 1.82) is 0 Å². The monoisotopic (exact) mass is 559 g/mol. The summed E-state index contributed by atoms with van der Waals surface area (Å²) in [6.45, 7) is 0.280. The second-order valence-electron chi connectivity index (χ2n) is 9.41. The summed E-state index contributed by atoms with van der Waals surface area (Å²) in [6, 6.07) is 18.8. The van der Waals surface area contributed by atoms with E-state index in [9.17, 15) is 14.7 Å². The average Bonchev–Trinajstić information content (AvgIpc) is 3.37. The largest absolute Gasteiger partial charge is 1.00 e. The second-order valence-corrected chi connectivity index (χ2v) is 10.7. The van der Waals surface area contributed by atoms with E-state index in [0.717, 1.165) is 19.3 Å². The van der Waals surface area contributed by atoms with Crippen LogP contribution < -0.4 is 49.5 Å². The van der Waals surface area contributed by atoms with Gasteiger partial charge in [-0.3, -0.25) is 4.79 Å². The van der Waals surface area contributed by atoms with Gasteiger partial charge in [-0.1, -0.05) is 23.7 Å². The van der Waals surface area contributed by atoms with Crippen LogP contribution in [0.2, 0.25) is 5.02 Å². The molecule has 3 aromatic rings. The first kappa shape index (κ1) is 28.8. The molecule has 1 aliphatic heterocycles. The van der Waals surface area contributed by atoms with E-state index >= 15 is 0 Å². The van der Waals surface area contributed by atoms with Gasteiger partial charge in [0.15, 0.2) is 0 Å². The standard InChI is InChI=1S/C29H28ClNO5S.Na/c1-37-22-4-2-3-18(14-22)19-5-8-20(13-19)31-28(32)17-6-9-21(10-7-17)36-27-16-26-24(15-25(27)30)23(29(33)34)11-12-35-26;/h2-4,6-7,9-10,14-16,19-20,23H,5,8,11-13H2,1H3,(H,31,32)(H,33,34);/q;+1/p-1. The first-order valence-corrected chi connectivity index (χ1v) is 13.9. The molecule has 3 unspecified atom stereocenters. The third-order valence-electron chi connectivity index (χ3n) is 7.07. The molecule has 192 valence electrons. The maximum absolute atomic E-state index is 12.9. The number of carboxylic acid groups (broad SMARTS) is 1. The van der Waals surface area contributed by atoms with Gasteiger partial charge in [0.25, 0.3) is 5.91 Å². The van der Waals surface area contributed by atoms with Gasteiger partial charge >= 0.3 is 29.6 Å². The molecule has 1 heterocycles. The zero-order chi connectivity index (χ0) is 25.9. The number of hydrogen-bond donors (Lipinski definition) is 1. The Morgan fingerprint density at radius 2 is 1.87 bits per heavy atom. The Morgan fingerprint density at radius 1 is 1.08 bits per heavy atom. The van der Waals surface area contributed by atoms with E-state index < -0.39 is 11.9 Å². The number of aliphatic carboxylic acids is 1. The van der Waals surface area contributed by atoms with Gasteiger partial charge in [-0.05, 0) is 85.9 Å². The zero-order valence-corrected chi connectivity index (χ0v) is 24.9. The van der Waals surface area contributed by atoms with E-state index in [1.807, 2.05) is 0 Å². The summed E-state index contributed by atoms with van der Waals surface area (Å²) in [5.74, 6) is -0.292. The number of halogens is 1. The molecule has 0 spiro atoms. The van der Waals surface area contributed by atoms with Crippen LogP contribution in [0.25, 0.3) is 0 Å². The fraction of sp³-hybridized carbons (Fsp3) is 0.310. The molecule has 0 aromatic heterocycles. The van der Waals surface area contributed by atoms with Gasteiger partial charge in [0, 0.05) is 40.0 Å². The number of ether oxygens (including phenoxy) is 2. The Bertz CT molecular complexity index is 1320. The van der Waals surface area contributed by atoms with Crippen molar-refractivity contribution in [2.75, 3.05) is 12.9 Å². The number of rotatable bonds is 7. The number of nitrogens with one attached hydrogen (secondary N) is 1.